The molecule has 0 saturated carbocycles. The maximum atomic E-state index is 11.2. The van der Waals surface area contributed by atoms with Crippen molar-refractivity contribution in [2.45, 2.75) is 0 Å². The predicted molar refractivity (Wildman–Crippen MR) is 105 cm³/mol. The van der Waals surface area contributed by atoms with E-state index >= 15 is 0 Å². The van der Waals surface area contributed by atoms with E-state index in [4.69, 9.17) is 16.7 Å². The lowest BCUT2D eigenvalue weighted by atomic mass is 10.1. The summed E-state index contributed by atoms with van der Waals surface area (Å²) in [6.45, 7) is 0. The van der Waals surface area contributed by atoms with Gasteiger partial charge in [0, 0.05) is 21.7 Å². The van der Waals surface area contributed by atoms with Crippen LogP contribution in [0.4, 0.5) is 11.5 Å². The highest BCUT2D eigenvalue weighted by atomic mass is 35.5. The lowest BCUT2D eigenvalue weighted by molar-refractivity contribution is 0.0697. The van der Waals surface area contributed by atoms with Gasteiger partial charge in [0.1, 0.15) is 17.0 Å². The Bertz CT molecular complexity index is 1110. The van der Waals surface area contributed by atoms with E-state index in [0.717, 1.165) is 21.3 Å². The molecule has 4 aromatic rings. The molecule has 0 spiro atoms. The number of thiophene rings is 1. The number of carbonyl (C=O) groups is 1. The first-order valence-corrected chi connectivity index (χ1v) is 8.96. The SMILES string of the molecule is O=C(O)c1cccc(Nc2ncnc3scc(-c4ccc(Cl)cc4)c23)c1. The van der Waals surface area contributed by atoms with Gasteiger partial charge in [-0.1, -0.05) is 29.8 Å². The molecule has 0 radical (unpaired) electrons. The number of anilines is 2. The maximum Gasteiger partial charge on any atom is 0.335 e. The molecule has 7 heteroatoms. The number of aromatic carboxylic acids is 1. The maximum absolute atomic E-state index is 11.2. The number of halogens is 1. The summed E-state index contributed by atoms with van der Waals surface area (Å²) in [6.07, 6.45) is 1.49. The van der Waals surface area contributed by atoms with Crippen LogP contribution < -0.4 is 5.32 Å². The summed E-state index contributed by atoms with van der Waals surface area (Å²) < 4.78 is 0. The summed E-state index contributed by atoms with van der Waals surface area (Å²) in [7, 11) is 0. The van der Waals surface area contributed by atoms with Crippen molar-refractivity contribution in [3.05, 3.63) is 70.8 Å². The van der Waals surface area contributed by atoms with Crippen molar-refractivity contribution in [3.63, 3.8) is 0 Å². The average Bonchev–Trinajstić information content (AvgIpc) is 3.08. The van der Waals surface area contributed by atoms with E-state index in [-0.39, 0.29) is 5.56 Å². The highest BCUT2D eigenvalue weighted by Crippen LogP contribution is 2.37. The molecule has 2 heterocycles. The lowest BCUT2D eigenvalue weighted by Gasteiger charge is -2.09. The van der Waals surface area contributed by atoms with Crippen LogP contribution in [0.5, 0.6) is 0 Å². The van der Waals surface area contributed by atoms with Crippen LogP contribution in [0.2, 0.25) is 5.02 Å². The number of carboxylic acid groups (broad SMARTS) is 1. The fraction of sp³-hybridized carbons (Fsp3) is 0. The zero-order chi connectivity index (χ0) is 18.1. The summed E-state index contributed by atoms with van der Waals surface area (Å²) in [5, 5.41) is 16.0. The molecular weight excluding hydrogens is 370 g/mol. The number of rotatable bonds is 4. The molecule has 0 fully saturated rings. The van der Waals surface area contributed by atoms with E-state index < -0.39 is 5.97 Å². The molecular formula is C19H12ClN3O2S. The minimum Gasteiger partial charge on any atom is -0.478 e. The van der Waals surface area contributed by atoms with Crippen molar-refractivity contribution in [2.75, 3.05) is 5.32 Å². The van der Waals surface area contributed by atoms with Gasteiger partial charge in [-0.3, -0.25) is 0 Å². The molecule has 128 valence electrons. The molecule has 0 saturated heterocycles. The van der Waals surface area contributed by atoms with Gasteiger partial charge in [0.2, 0.25) is 0 Å². The minimum absolute atomic E-state index is 0.212. The van der Waals surface area contributed by atoms with Gasteiger partial charge in [-0.05, 0) is 35.9 Å². The normalized spacial score (nSPS) is 10.8. The van der Waals surface area contributed by atoms with Gasteiger partial charge >= 0.3 is 5.97 Å². The number of carboxylic acids is 1. The van der Waals surface area contributed by atoms with Crippen LogP contribution >= 0.6 is 22.9 Å². The molecule has 0 unspecified atom stereocenters. The molecule has 26 heavy (non-hydrogen) atoms. The lowest BCUT2D eigenvalue weighted by Crippen LogP contribution is -1.99. The molecule has 0 aliphatic carbocycles. The Morgan fingerprint density at radius 1 is 1.12 bits per heavy atom. The number of nitrogens with one attached hydrogen (secondary N) is 1. The van der Waals surface area contributed by atoms with E-state index in [1.165, 1.54) is 17.7 Å². The monoisotopic (exact) mass is 381 g/mol. The first-order chi connectivity index (χ1) is 12.6. The minimum atomic E-state index is -0.973. The van der Waals surface area contributed by atoms with Crippen molar-refractivity contribution in [1.82, 2.24) is 9.97 Å². The Labute approximate surface area is 157 Å². The van der Waals surface area contributed by atoms with E-state index in [1.54, 1.807) is 24.3 Å². The zero-order valence-electron chi connectivity index (χ0n) is 13.3. The van der Waals surface area contributed by atoms with Gasteiger partial charge in [0.05, 0.1) is 10.9 Å². The van der Waals surface area contributed by atoms with Crippen molar-refractivity contribution in [2.24, 2.45) is 0 Å². The average molecular weight is 382 g/mol. The number of hydrogen-bond donors (Lipinski definition) is 2. The van der Waals surface area contributed by atoms with Crippen LogP contribution in [-0.2, 0) is 0 Å². The zero-order valence-corrected chi connectivity index (χ0v) is 14.9. The van der Waals surface area contributed by atoms with Crippen LogP contribution in [0.3, 0.4) is 0 Å². The Hall–Kier alpha value is -2.96. The number of aromatic nitrogens is 2. The van der Waals surface area contributed by atoms with Gasteiger partial charge in [0.15, 0.2) is 0 Å². The van der Waals surface area contributed by atoms with E-state index in [1.807, 2.05) is 29.6 Å². The van der Waals surface area contributed by atoms with Gasteiger partial charge in [-0.2, -0.15) is 0 Å². The fourth-order valence-corrected chi connectivity index (χ4v) is 3.72. The van der Waals surface area contributed by atoms with Crippen LogP contribution in [0.1, 0.15) is 10.4 Å². The molecule has 2 N–H and O–H groups in total. The van der Waals surface area contributed by atoms with Crippen LogP contribution in [0.25, 0.3) is 21.3 Å². The molecule has 0 atom stereocenters. The van der Waals surface area contributed by atoms with Crippen molar-refractivity contribution < 1.29 is 9.90 Å². The number of fused-ring (bicyclic) bond motifs is 1. The number of hydrogen-bond acceptors (Lipinski definition) is 5. The highest BCUT2D eigenvalue weighted by Gasteiger charge is 2.14. The first kappa shape index (κ1) is 16.5. The van der Waals surface area contributed by atoms with Crippen molar-refractivity contribution in [3.8, 4) is 11.1 Å². The third-order valence-electron chi connectivity index (χ3n) is 3.90. The molecule has 4 rings (SSSR count). The molecule has 0 amide bonds. The summed E-state index contributed by atoms with van der Waals surface area (Å²) in [5.41, 5.74) is 2.87. The van der Waals surface area contributed by atoms with Crippen LogP contribution in [0.15, 0.2) is 60.2 Å². The fourth-order valence-electron chi connectivity index (χ4n) is 2.68. The van der Waals surface area contributed by atoms with E-state index in [9.17, 15) is 4.79 Å². The third kappa shape index (κ3) is 3.12. The van der Waals surface area contributed by atoms with Crippen LogP contribution in [0, 0.1) is 0 Å². The summed E-state index contributed by atoms with van der Waals surface area (Å²) in [6, 6.07) is 14.2. The Kier molecular flexibility index (Phi) is 4.28. The number of benzene rings is 2. The summed E-state index contributed by atoms with van der Waals surface area (Å²) >= 11 is 7.52. The molecule has 0 aliphatic rings. The van der Waals surface area contributed by atoms with Gasteiger partial charge in [-0.25, -0.2) is 14.8 Å². The van der Waals surface area contributed by atoms with Gasteiger partial charge < -0.3 is 10.4 Å². The Morgan fingerprint density at radius 2 is 1.92 bits per heavy atom. The van der Waals surface area contributed by atoms with Crippen molar-refractivity contribution >= 4 is 50.6 Å². The quantitative estimate of drug-likeness (QED) is 0.491. The predicted octanol–water partition coefficient (Wildman–Crippen LogP) is 5.45. The Balaban J connectivity index is 1.80. The largest absolute Gasteiger partial charge is 0.478 e. The molecule has 5 nitrogen and oxygen atoms in total. The molecule has 2 aromatic carbocycles. The second-order valence-corrected chi connectivity index (χ2v) is 6.86. The van der Waals surface area contributed by atoms with Crippen molar-refractivity contribution in [1.29, 1.82) is 0 Å². The first-order valence-electron chi connectivity index (χ1n) is 7.70. The smallest absolute Gasteiger partial charge is 0.335 e. The summed E-state index contributed by atoms with van der Waals surface area (Å²) in [4.78, 5) is 20.7. The molecule has 2 aromatic heterocycles. The third-order valence-corrected chi connectivity index (χ3v) is 5.04. The van der Waals surface area contributed by atoms with Gasteiger partial charge in [0.25, 0.3) is 0 Å². The van der Waals surface area contributed by atoms with E-state index in [0.29, 0.717) is 16.5 Å². The number of nitrogens with zero attached hydrogens (tertiary/aromatic N) is 2. The molecule has 0 aliphatic heterocycles. The second-order valence-electron chi connectivity index (χ2n) is 5.57. The molecule has 0 bridgehead atoms. The van der Waals surface area contributed by atoms with E-state index in [2.05, 4.69) is 15.3 Å². The van der Waals surface area contributed by atoms with Crippen LogP contribution in [-0.4, -0.2) is 21.0 Å². The van der Waals surface area contributed by atoms with Gasteiger partial charge in [-0.15, -0.1) is 11.3 Å². The standard InChI is InChI=1S/C19H12ClN3O2S/c20-13-6-4-11(5-7-13)15-9-26-18-16(15)17(21-10-22-18)23-14-3-1-2-12(8-14)19(24)25/h1-10H,(H,24,25)(H,21,22,23). The second kappa shape index (κ2) is 6.74. The summed E-state index contributed by atoms with van der Waals surface area (Å²) in [5.74, 6) is -0.345. The topological polar surface area (TPSA) is 75.1 Å². The Morgan fingerprint density at radius 3 is 2.69 bits per heavy atom. The highest BCUT2D eigenvalue weighted by molar-refractivity contribution is 7.17.